The summed E-state index contributed by atoms with van der Waals surface area (Å²) in [5.74, 6) is -0.421. The topological polar surface area (TPSA) is 102 Å². The minimum atomic E-state index is -0.665. The van der Waals surface area contributed by atoms with E-state index in [1.54, 1.807) is 0 Å². The van der Waals surface area contributed by atoms with E-state index in [0.717, 1.165) is 11.1 Å². The number of rotatable bonds is 5. The summed E-state index contributed by atoms with van der Waals surface area (Å²) in [6, 6.07) is 7.02. The Balaban J connectivity index is 2.01. The van der Waals surface area contributed by atoms with E-state index in [4.69, 9.17) is 16.2 Å². The third-order valence-electron chi connectivity index (χ3n) is 3.58. The normalized spacial score (nSPS) is 21.6. The lowest BCUT2D eigenvalue weighted by Gasteiger charge is -2.34. The molecule has 0 aliphatic carbocycles. The zero-order valence-electron chi connectivity index (χ0n) is 11.4. The van der Waals surface area contributed by atoms with Crippen LogP contribution in [0.2, 0.25) is 0 Å². The minimum Gasteiger partial charge on any atom is -0.387 e. The highest BCUT2D eigenvalue weighted by atomic mass is 16.5. The molecule has 0 aromatic heterocycles. The van der Waals surface area contributed by atoms with Crippen molar-refractivity contribution in [3.05, 3.63) is 35.4 Å². The van der Waals surface area contributed by atoms with Gasteiger partial charge < -0.3 is 21.3 Å². The molecule has 1 aromatic rings. The maximum Gasteiger partial charge on any atom is 0.237 e. The number of carbonyl (C=O) groups is 1. The molecule has 1 fully saturated rings. The summed E-state index contributed by atoms with van der Waals surface area (Å²) in [5, 5.41) is 10.3. The fourth-order valence-electron chi connectivity index (χ4n) is 2.32. The third kappa shape index (κ3) is 3.55. The molecule has 1 heterocycles. The van der Waals surface area contributed by atoms with Crippen LogP contribution in [0.4, 0.5) is 0 Å². The van der Waals surface area contributed by atoms with Gasteiger partial charge in [0.15, 0.2) is 0 Å². The Morgan fingerprint density at radius 1 is 1.45 bits per heavy atom. The van der Waals surface area contributed by atoms with E-state index in [1.807, 2.05) is 29.2 Å². The zero-order valence-corrected chi connectivity index (χ0v) is 11.4. The number of hydrogen-bond donors (Lipinski definition) is 3. The number of primary amides is 1. The van der Waals surface area contributed by atoms with Gasteiger partial charge in [0.25, 0.3) is 0 Å². The second-order valence-electron chi connectivity index (χ2n) is 4.95. The molecular weight excluding hydrogens is 258 g/mol. The number of aliphatic hydroxyl groups is 1. The number of β-amino-alcohol motifs (C(OH)–C–C–N with tert-alkyl or cyclic N) is 1. The molecule has 1 amide bonds. The molecule has 2 rings (SSSR count). The number of nitrogens with two attached hydrogens (primary N) is 2. The van der Waals surface area contributed by atoms with Gasteiger partial charge in [0.2, 0.25) is 5.91 Å². The number of amides is 1. The molecule has 0 spiro atoms. The number of ether oxygens (including phenoxy) is 1. The van der Waals surface area contributed by atoms with Crippen molar-refractivity contribution in [2.24, 2.45) is 11.5 Å². The van der Waals surface area contributed by atoms with Crippen LogP contribution in [0.25, 0.3) is 0 Å². The summed E-state index contributed by atoms with van der Waals surface area (Å²) in [4.78, 5) is 13.2. The smallest absolute Gasteiger partial charge is 0.237 e. The second-order valence-corrected chi connectivity index (χ2v) is 4.95. The van der Waals surface area contributed by atoms with Crippen LogP contribution in [0.1, 0.15) is 17.2 Å². The van der Waals surface area contributed by atoms with Crippen LogP contribution in [0.3, 0.4) is 0 Å². The zero-order chi connectivity index (χ0) is 14.5. The summed E-state index contributed by atoms with van der Waals surface area (Å²) in [5.41, 5.74) is 12.7. The average Bonchev–Trinajstić information content (AvgIpc) is 2.47. The van der Waals surface area contributed by atoms with Crippen LogP contribution in [0.15, 0.2) is 24.3 Å². The maximum absolute atomic E-state index is 11.4. The van der Waals surface area contributed by atoms with Crippen LogP contribution >= 0.6 is 0 Å². The lowest BCUT2D eigenvalue weighted by molar-refractivity contribution is -0.130. The fraction of sp³-hybridized carbons (Fsp3) is 0.500. The Hall–Kier alpha value is -1.47. The van der Waals surface area contributed by atoms with Gasteiger partial charge in [-0.2, -0.15) is 0 Å². The first-order valence-corrected chi connectivity index (χ1v) is 6.70. The summed E-state index contributed by atoms with van der Waals surface area (Å²) in [6.07, 6.45) is -0.665. The quantitative estimate of drug-likeness (QED) is 0.666. The minimum absolute atomic E-state index is 0.286. The van der Waals surface area contributed by atoms with E-state index in [-0.39, 0.29) is 6.61 Å². The summed E-state index contributed by atoms with van der Waals surface area (Å²) in [7, 11) is 0. The average molecular weight is 279 g/mol. The van der Waals surface area contributed by atoms with Crippen molar-refractivity contribution in [1.29, 1.82) is 0 Å². The number of morpholine rings is 1. The Morgan fingerprint density at radius 3 is 2.75 bits per heavy atom. The first-order valence-electron chi connectivity index (χ1n) is 6.70. The molecule has 5 N–H and O–H groups in total. The van der Waals surface area contributed by atoms with Gasteiger partial charge in [-0.25, -0.2) is 0 Å². The van der Waals surface area contributed by atoms with Gasteiger partial charge >= 0.3 is 0 Å². The largest absolute Gasteiger partial charge is 0.387 e. The summed E-state index contributed by atoms with van der Waals surface area (Å²) < 4.78 is 5.25. The van der Waals surface area contributed by atoms with Crippen molar-refractivity contribution in [3.63, 3.8) is 0 Å². The number of benzene rings is 1. The van der Waals surface area contributed by atoms with Gasteiger partial charge in [-0.15, -0.1) is 0 Å². The van der Waals surface area contributed by atoms with E-state index in [0.29, 0.717) is 26.2 Å². The molecule has 0 bridgehead atoms. The summed E-state index contributed by atoms with van der Waals surface area (Å²) in [6.45, 7) is 2.25. The molecule has 1 saturated heterocycles. The number of aliphatic hydroxyl groups excluding tert-OH is 1. The molecule has 6 nitrogen and oxygen atoms in total. The molecule has 1 aliphatic heterocycles. The summed E-state index contributed by atoms with van der Waals surface area (Å²) >= 11 is 0. The van der Waals surface area contributed by atoms with Crippen molar-refractivity contribution >= 4 is 5.91 Å². The number of nitrogens with zero attached hydrogens (tertiary/aromatic N) is 1. The van der Waals surface area contributed by atoms with Gasteiger partial charge in [-0.05, 0) is 11.1 Å². The molecule has 110 valence electrons. The van der Waals surface area contributed by atoms with Gasteiger partial charge in [-0.3, -0.25) is 9.69 Å². The van der Waals surface area contributed by atoms with Gasteiger partial charge in [-0.1, -0.05) is 24.3 Å². The lowest BCUT2D eigenvalue weighted by Crippen LogP contribution is -2.53. The molecule has 2 unspecified atom stereocenters. The van der Waals surface area contributed by atoms with E-state index >= 15 is 0 Å². The standard InChI is InChI=1S/C14H21N3O3/c15-7-10-1-3-11(4-2-10)13(18)8-17-5-6-20-9-12(17)14(16)19/h1-4,12-13,18H,5-9,15H2,(H2,16,19). The Labute approximate surface area is 118 Å². The Morgan fingerprint density at radius 2 is 2.15 bits per heavy atom. The SMILES string of the molecule is NCc1ccc(C(O)CN2CCOCC2C(N)=O)cc1. The molecule has 1 aromatic carbocycles. The van der Waals surface area contributed by atoms with Gasteiger partial charge in [0, 0.05) is 19.6 Å². The highest BCUT2D eigenvalue weighted by Gasteiger charge is 2.29. The highest BCUT2D eigenvalue weighted by molar-refractivity contribution is 5.80. The van der Waals surface area contributed by atoms with Crippen molar-refractivity contribution in [1.82, 2.24) is 4.90 Å². The number of hydrogen-bond acceptors (Lipinski definition) is 5. The monoisotopic (exact) mass is 279 g/mol. The number of carbonyl (C=O) groups excluding carboxylic acids is 1. The van der Waals surface area contributed by atoms with Crippen LogP contribution in [-0.2, 0) is 16.1 Å². The van der Waals surface area contributed by atoms with Crippen molar-refractivity contribution in [3.8, 4) is 0 Å². The van der Waals surface area contributed by atoms with Crippen LogP contribution in [-0.4, -0.2) is 48.3 Å². The van der Waals surface area contributed by atoms with E-state index in [1.165, 1.54) is 0 Å². The molecule has 20 heavy (non-hydrogen) atoms. The first-order chi connectivity index (χ1) is 9.61. The molecule has 1 aliphatic rings. The molecule has 0 radical (unpaired) electrons. The lowest BCUT2D eigenvalue weighted by atomic mass is 10.1. The van der Waals surface area contributed by atoms with E-state index in [2.05, 4.69) is 0 Å². The predicted molar refractivity (Wildman–Crippen MR) is 74.7 cm³/mol. The molecule has 0 saturated carbocycles. The third-order valence-corrected chi connectivity index (χ3v) is 3.58. The molecule has 6 heteroatoms. The van der Waals surface area contributed by atoms with Crippen molar-refractivity contribution < 1.29 is 14.6 Å². The van der Waals surface area contributed by atoms with Crippen molar-refractivity contribution in [2.75, 3.05) is 26.3 Å². The molecular formula is C14H21N3O3. The van der Waals surface area contributed by atoms with Crippen LogP contribution in [0, 0.1) is 0 Å². The van der Waals surface area contributed by atoms with Crippen molar-refractivity contribution in [2.45, 2.75) is 18.7 Å². The molecule has 2 atom stereocenters. The Bertz CT molecular complexity index is 449. The van der Waals surface area contributed by atoms with Crippen LogP contribution in [0.5, 0.6) is 0 Å². The second kappa shape index (κ2) is 6.81. The fourth-order valence-corrected chi connectivity index (χ4v) is 2.32. The predicted octanol–water partition coefficient (Wildman–Crippen LogP) is -0.635. The van der Waals surface area contributed by atoms with Gasteiger partial charge in [0.1, 0.15) is 6.04 Å². The highest BCUT2D eigenvalue weighted by Crippen LogP contribution is 2.18. The van der Waals surface area contributed by atoms with E-state index < -0.39 is 18.1 Å². The maximum atomic E-state index is 11.4. The van der Waals surface area contributed by atoms with Crippen LogP contribution < -0.4 is 11.5 Å². The van der Waals surface area contributed by atoms with Gasteiger partial charge in [0.05, 0.1) is 19.3 Å². The van der Waals surface area contributed by atoms with E-state index in [9.17, 15) is 9.90 Å². The first kappa shape index (κ1) is 14.9. The Kier molecular flexibility index (Phi) is 5.08.